The summed E-state index contributed by atoms with van der Waals surface area (Å²) in [5.74, 6) is 1.04. The molecule has 0 amide bonds. The van der Waals surface area contributed by atoms with E-state index >= 15 is 0 Å². The number of hydrogen-bond donors (Lipinski definition) is 0. The minimum Gasteiger partial charge on any atom is -0.466 e. The number of pyridine rings is 1. The molecule has 0 bridgehead atoms. The molecule has 0 saturated carbocycles. The van der Waals surface area contributed by atoms with E-state index in [1.54, 1.807) is 6.92 Å². The van der Waals surface area contributed by atoms with Crippen molar-refractivity contribution >= 4 is 51.2 Å². The van der Waals surface area contributed by atoms with Crippen molar-refractivity contribution in [3.63, 3.8) is 0 Å². The number of fused-ring (bicyclic) bond motifs is 1. The van der Waals surface area contributed by atoms with Crippen molar-refractivity contribution < 1.29 is 14.3 Å². The number of para-hydroxylation sites is 1. The smallest absolute Gasteiger partial charge is 0.316 e. The van der Waals surface area contributed by atoms with E-state index in [1.165, 1.54) is 11.8 Å². The normalized spacial score (nSPS) is 10.5. The van der Waals surface area contributed by atoms with E-state index in [-0.39, 0.29) is 11.7 Å². The van der Waals surface area contributed by atoms with Gasteiger partial charge in [-0.05, 0) is 41.6 Å². The van der Waals surface area contributed by atoms with Crippen LogP contribution in [0.2, 0.25) is 0 Å². The van der Waals surface area contributed by atoms with Gasteiger partial charge in [-0.1, -0.05) is 18.2 Å². The van der Waals surface area contributed by atoms with Crippen molar-refractivity contribution in [3.05, 3.63) is 33.9 Å². The van der Waals surface area contributed by atoms with E-state index in [0.29, 0.717) is 18.4 Å². The van der Waals surface area contributed by atoms with Crippen LogP contribution in [0.5, 0.6) is 5.88 Å². The van der Waals surface area contributed by atoms with E-state index < -0.39 is 0 Å². The predicted molar refractivity (Wildman–Crippen MR) is 89.0 cm³/mol. The number of benzene rings is 1. The van der Waals surface area contributed by atoms with Gasteiger partial charge in [0.15, 0.2) is 0 Å². The van der Waals surface area contributed by atoms with Crippen molar-refractivity contribution in [2.45, 2.75) is 6.92 Å². The Bertz CT molecular complexity index is 606. The highest BCUT2D eigenvalue weighted by atomic mass is 127. The first-order valence-electron chi connectivity index (χ1n) is 6.12. The minimum absolute atomic E-state index is 0.220. The summed E-state index contributed by atoms with van der Waals surface area (Å²) >= 11 is 3.57. The first kappa shape index (κ1) is 15.4. The van der Waals surface area contributed by atoms with Gasteiger partial charge < -0.3 is 9.47 Å². The molecule has 2 rings (SSSR count). The molecule has 0 fully saturated rings. The van der Waals surface area contributed by atoms with Gasteiger partial charge in [0.1, 0.15) is 5.94 Å². The average Bonchev–Trinajstić information content (AvgIpc) is 2.44. The van der Waals surface area contributed by atoms with Gasteiger partial charge in [0, 0.05) is 5.39 Å². The highest BCUT2D eigenvalue weighted by Crippen LogP contribution is 2.24. The Morgan fingerprint density at radius 2 is 2.20 bits per heavy atom. The Morgan fingerprint density at radius 1 is 1.40 bits per heavy atom. The fourth-order valence-corrected chi connectivity index (χ4v) is 2.74. The average molecular weight is 403 g/mol. The molecule has 0 spiro atoms. The third-order valence-corrected chi connectivity index (χ3v) is 3.95. The lowest BCUT2D eigenvalue weighted by Crippen LogP contribution is -2.08. The Labute approximate surface area is 135 Å². The molecule has 0 aliphatic carbocycles. The maximum absolute atomic E-state index is 11.2. The highest BCUT2D eigenvalue weighted by molar-refractivity contribution is 14.1. The molecule has 6 heteroatoms. The van der Waals surface area contributed by atoms with Crippen molar-refractivity contribution in [2.24, 2.45) is 0 Å². The minimum atomic E-state index is -0.220. The van der Waals surface area contributed by atoms with Crippen molar-refractivity contribution in [1.82, 2.24) is 4.98 Å². The van der Waals surface area contributed by atoms with Gasteiger partial charge in [-0.2, -0.15) is 0 Å². The van der Waals surface area contributed by atoms with E-state index in [4.69, 9.17) is 9.47 Å². The van der Waals surface area contributed by atoms with E-state index in [1.807, 2.05) is 30.3 Å². The van der Waals surface area contributed by atoms with Crippen LogP contribution in [0.4, 0.5) is 0 Å². The number of ether oxygens (including phenoxy) is 2. The summed E-state index contributed by atoms with van der Waals surface area (Å²) in [6.07, 6.45) is 0. The molecule has 4 nitrogen and oxygen atoms in total. The van der Waals surface area contributed by atoms with Gasteiger partial charge >= 0.3 is 5.97 Å². The van der Waals surface area contributed by atoms with Gasteiger partial charge in [0.2, 0.25) is 5.88 Å². The van der Waals surface area contributed by atoms with Gasteiger partial charge in [0.05, 0.1) is 21.4 Å². The molecule has 0 aliphatic rings. The summed E-state index contributed by atoms with van der Waals surface area (Å²) in [6, 6.07) is 9.93. The van der Waals surface area contributed by atoms with Crippen LogP contribution in [0.1, 0.15) is 6.92 Å². The van der Waals surface area contributed by atoms with Crippen LogP contribution in [-0.4, -0.2) is 29.3 Å². The molecule has 0 aliphatic heterocycles. The lowest BCUT2D eigenvalue weighted by Gasteiger charge is -2.08. The molecule has 1 heterocycles. The number of nitrogens with zero attached hydrogens (tertiary/aromatic N) is 1. The molecule has 2 aromatic rings. The van der Waals surface area contributed by atoms with Crippen LogP contribution in [-0.2, 0) is 9.53 Å². The first-order chi connectivity index (χ1) is 9.70. The fourth-order valence-electron chi connectivity index (χ4n) is 1.60. The number of carbonyl (C=O) groups excluding carboxylic acids is 1. The van der Waals surface area contributed by atoms with Crippen LogP contribution in [0, 0.1) is 3.57 Å². The Kier molecular flexibility index (Phi) is 5.90. The highest BCUT2D eigenvalue weighted by Gasteiger charge is 2.07. The zero-order valence-corrected chi connectivity index (χ0v) is 13.9. The van der Waals surface area contributed by atoms with Crippen molar-refractivity contribution in [3.8, 4) is 5.88 Å². The molecular weight excluding hydrogens is 389 g/mol. The number of esters is 1. The number of carbonyl (C=O) groups is 1. The maximum Gasteiger partial charge on any atom is 0.316 e. The molecule has 106 valence electrons. The predicted octanol–water partition coefficient (Wildman–Crippen LogP) is 3.47. The van der Waals surface area contributed by atoms with E-state index in [0.717, 1.165) is 14.5 Å². The summed E-state index contributed by atoms with van der Waals surface area (Å²) in [4.78, 5) is 15.6. The molecule has 0 atom stereocenters. The summed E-state index contributed by atoms with van der Waals surface area (Å²) in [7, 11) is 0. The molecular formula is C14H14INO3S. The zero-order valence-electron chi connectivity index (χ0n) is 11.0. The molecule has 20 heavy (non-hydrogen) atoms. The van der Waals surface area contributed by atoms with Crippen LogP contribution in [0.15, 0.2) is 30.3 Å². The summed E-state index contributed by atoms with van der Waals surface area (Å²) in [5, 5.41) is 1.09. The quantitative estimate of drug-likeness (QED) is 0.320. The Hall–Kier alpha value is -1.02. The number of hydrogen-bond acceptors (Lipinski definition) is 5. The van der Waals surface area contributed by atoms with Crippen molar-refractivity contribution in [1.29, 1.82) is 0 Å². The van der Waals surface area contributed by atoms with Gasteiger partial charge in [-0.15, -0.1) is 11.8 Å². The number of aromatic nitrogens is 1. The van der Waals surface area contributed by atoms with Gasteiger partial charge in [-0.25, -0.2) is 4.98 Å². The lowest BCUT2D eigenvalue weighted by atomic mass is 10.2. The molecule has 0 radical (unpaired) electrons. The summed E-state index contributed by atoms with van der Waals surface area (Å²) in [6.45, 7) is 2.20. The van der Waals surface area contributed by atoms with Crippen LogP contribution in [0.3, 0.4) is 0 Å². The Balaban J connectivity index is 1.93. The van der Waals surface area contributed by atoms with Crippen LogP contribution in [0.25, 0.3) is 10.9 Å². The molecule has 1 aromatic heterocycles. The third-order valence-electron chi connectivity index (χ3n) is 2.45. The largest absolute Gasteiger partial charge is 0.466 e. The molecule has 0 saturated heterocycles. The molecule has 0 N–H and O–H groups in total. The SMILES string of the molecule is CCOC(=O)CSCOc1nc2ccccc2cc1I. The number of rotatable bonds is 6. The molecule has 1 aromatic carbocycles. The fraction of sp³-hybridized carbons (Fsp3) is 0.286. The number of halogens is 1. The maximum atomic E-state index is 11.2. The Morgan fingerprint density at radius 3 is 3.00 bits per heavy atom. The monoisotopic (exact) mass is 403 g/mol. The third kappa shape index (κ3) is 4.24. The van der Waals surface area contributed by atoms with Crippen LogP contribution < -0.4 is 4.74 Å². The van der Waals surface area contributed by atoms with Crippen LogP contribution >= 0.6 is 34.4 Å². The summed E-state index contributed by atoms with van der Waals surface area (Å²) < 4.78 is 11.4. The second-order valence-electron chi connectivity index (χ2n) is 3.88. The standard InChI is InChI=1S/C14H14INO3S/c1-2-18-13(17)8-20-9-19-14-11(15)7-10-5-3-4-6-12(10)16-14/h3-7H,2,8-9H2,1H3. The first-order valence-corrected chi connectivity index (χ1v) is 8.35. The second-order valence-corrected chi connectivity index (χ2v) is 5.98. The van der Waals surface area contributed by atoms with E-state index in [9.17, 15) is 4.79 Å². The molecule has 0 unspecified atom stereocenters. The van der Waals surface area contributed by atoms with Gasteiger partial charge in [-0.3, -0.25) is 4.79 Å². The second kappa shape index (κ2) is 7.68. The number of thioether (sulfide) groups is 1. The van der Waals surface area contributed by atoms with Gasteiger partial charge in [0.25, 0.3) is 0 Å². The van der Waals surface area contributed by atoms with Crippen molar-refractivity contribution in [2.75, 3.05) is 18.3 Å². The van der Waals surface area contributed by atoms with E-state index in [2.05, 4.69) is 27.6 Å². The topological polar surface area (TPSA) is 48.4 Å². The zero-order chi connectivity index (χ0) is 14.4. The summed E-state index contributed by atoms with van der Waals surface area (Å²) in [5.41, 5.74) is 0.901. The lowest BCUT2D eigenvalue weighted by molar-refractivity contribution is -0.139.